The van der Waals surface area contributed by atoms with Crippen molar-refractivity contribution >= 4 is 17.5 Å². The van der Waals surface area contributed by atoms with Crippen LogP contribution >= 0.6 is 11.6 Å². The molecule has 0 aliphatic rings. The molecule has 2 aromatic heterocycles. The molecule has 0 saturated heterocycles. The molecule has 1 amide bonds. The number of H-pyrrole nitrogens is 1. The molecule has 7 heteroatoms. The number of rotatable bonds is 4. The Labute approximate surface area is 144 Å². The van der Waals surface area contributed by atoms with Crippen molar-refractivity contribution in [1.82, 2.24) is 25.3 Å². The van der Waals surface area contributed by atoms with Gasteiger partial charge in [-0.1, -0.05) is 23.7 Å². The van der Waals surface area contributed by atoms with Gasteiger partial charge in [0.25, 0.3) is 5.91 Å². The summed E-state index contributed by atoms with van der Waals surface area (Å²) in [5.74, 6) is -0.232. The number of para-hydroxylation sites is 1. The van der Waals surface area contributed by atoms with Crippen LogP contribution in [0.1, 0.15) is 33.1 Å². The predicted molar refractivity (Wildman–Crippen MR) is 92.5 cm³/mol. The number of amides is 1. The van der Waals surface area contributed by atoms with Gasteiger partial charge in [0.05, 0.1) is 16.4 Å². The van der Waals surface area contributed by atoms with Crippen LogP contribution in [0, 0.1) is 20.8 Å². The Morgan fingerprint density at radius 3 is 2.71 bits per heavy atom. The van der Waals surface area contributed by atoms with Crippen molar-refractivity contribution in [2.45, 2.75) is 27.3 Å². The molecule has 2 N–H and O–H groups in total. The van der Waals surface area contributed by atoms with E-state index in [0.29, 0.717) is 17.3 Å². The number of carbonyl (C=O) groups is 1. The number of hydrogen-bond acceptors (Lipinski definition) is 3. The normalized spacial score (nSPS) is 10.8. The minimum Gasteiger partial charge on any atom is -0.346 e. The average molecular weight is 344 g/mol. The molecule has 0 saturated carbocycles. The van der Waals surface area contributed by atoms with Crippen molar-refractivity contribution in [3.63, 3.8) is 0 Å². The van der Waals surface area contributed by atoms with Crippen molar-refractivity contribution in [3.8, 4) is 5.69 Å². The van der Waals surface area contributed by atoms with E-state index in [1.54, 1.807) is 16.8 Å². The van der Waals surface area contributed by atoms with Crippen molar-refractivity contribution in [1.29, 1.82) is 0 Å². The second-order valence-corrected chi connectivity index (χ2v) is 6.04. The van der Waals surface area contributed by atoms with Crippen LogP contribution in [0.3, 0.4) is 0 Å². The number of benzene rings is 1. The van der Waals surface area contributed by atoms with E-state index in [2.05, 4.69) is 20.6 Å². The minimum absolute atomic E-state index is 0.232. The lowest BCUT2D eigenvalue weighted by atomic mass is 10.2. The summed E-state index contributed by atoms with van der Waals surface area (Å²) in [6.07, 6.45) is 0. The number of nitrogens with zero attached hydrogens (tertiary/aromatic N) is 3. The molecular weight excluding hydrogens is 326 g/mol. The predicted octanol–water partition coefficient (Wildman–Crippen LogP) is 3.10. The lowest BCUT2D eigenvalue weighted by Gasteiger charge is -2.06. The van der Waals surface area contributed by atoms with Crippen LogP contribution < -0.4 is 5.32 Å². The zero-order valence-corrected chi connectivity index (χ0v) is 14.5. The van der Waals surface area contributed by atoms with Crippen molar-refractivity contribution < 1.29 is 4.79 Å². The molecular formula is C17H18ClN5O. The second kappa shape index (κ2) is 6.49. The van der Waals surface area contributed by atoms with Gasteiger partial charge >= 0.3 is 0 Å². The van der Waals surface area contributed by atoms with Crippen LogP contribution in [-0.4, -0.2) is 25.9 Å². The number of aromatic amines is 1. The van der Waals surface area contributed by atoms with Gasteiger partial charge in [-0.15, -0.1) is 0 Å². The van der Waals surface area contributed by atoms with Gasteiger partial charge in [-0.3, -0.25) is 9.89 Å². The molecule has 0 radical (unpaired) electrons. The monoisotopic (exact) mass is 343 g/mol. The first-order valence-electron chi connectivity index (χ1n) is 7.57. The summed E-state index contributed by atoms with van der Waals surface area (Å²) in [6.45, 7) is 6.13. The molecule has 3 rings (SSSR count). The van der Waals surface area contributed by atoms with Crippen LogP contribution in [0.25, 0.3) is 5.69 Å². The SMILES string of the molecule is Cc1n[nH]c(C)c1CNC(=O)c1cc(C)n(-c2ccccc2Cl)n1. The third-order valence-corrected chi connectivity index (χ3v) is 4.23. The number of carbonyl (C=O) groups excluding carboxylic acids is 1. The summed E-state index contributed by atoms with van der Waals surface area (Å²) in [7, 11) is 0. The van der Waals surface area contributed by atoms with E-state index < -0.39 is 0 Å². The topological polar surface area (TPSA) is 75.6 Å². The van der Waals surface area contributed by atoms with Gasteiger partial charge in [0.15, 0.2) is 5.69 Å². The molecule has 0 bridgehead atoms. The first kappa shape index (κ1) is 16.3. The quantitative estimate of drug-likeness (QED) is 0.764. The summed E-state index contributed by atoms with van der Waals surface area (Å²) < 4.78 is 1.67. The number of halogens is 1. The fourth-order valence-corrected chi connectivity index (χ4v) is 2.76. The van der Waals surface area contributed by atoms with E-state index in [4.69, 9.17) is 11.6 Å². The number of hydrogen-bond donors (Lipinski definition) is 2. The fourth-order valence-electron chi connectivity index (χ4n) is 2.55. The van der Waals surface area contributed by atoms with Crippen LogP contribution in [-0.2, 0) is 6.54 Å². The third kappa shape index (κ3) is 3.05. The summed E-state index contributed by atoms with van der Waals surface area (Å²) in [5.41, 5.74) is 4.76. The highest BCUT2D eigenvalue weighted by Crippen LogP contribution is 2.21. The maximum absolute atomic E-state index is 12.4. The molecule has 0 fully saturated rings. The van der Waals surface area contributed by atoms with Gasteiger partial charge in [0.2, 0.25) is 0 Å². The van der Waals surface area contributed by atoms with E-state index in [0.717, 1.165) is 28.3 Å². The maximum atomic E-state index is 12.4. The smallest absolute Gasteiger partial charge is 0.272 e. The van der Waals surface area contributed by atoms with Crippen molar-refractivity contribution in [2.24, 2.45) is 0 Å². The molecule has 0 aliphatic heterocycles. The Kier molecular flexibility index (Phi) is 4.40. The first-order chi connectivity index (χ1) is 11.5. The lowest BCUT2D eigenvalue weighted by Crippen LogP contribution is -2.24. The molecule has 1 aromatic carbocycles. The first-order valence-corrected chi connectivity index (χ1v) is 7.95. The second-order valence-electron chi connectivity index (χ2n) is 5.63. The molecule has 124 valence electrons. The van der Waals surface area contributed by atoms with Crippen LogP contribution in [0.15, 0.2) is 30.3 Å². The Morgan fingerprint density at radius 2 is 2.04 bits per heavy atom. The van der Waals surface area contributed by atoms with E-state index in [1.165, 1.54) is 0 Å². The van der Waals surface area contributed by atoms with Gasteiger partial charge in [-0.2, -0.15) is 10.2 Å². The van der Waals surface area contributed by atoms with Gasteiger partial charge in [0.1, 0.15) is 0 Å². The summed E-state index contributed by atoms with van der Waals surface area (Å²) in [4.78, 5) is 12.4. The number of aromatic nitrogens is 4. The highest BCUT2D eigenvalue weighted by atomic mass is 35.5. The van der Waals surface area contributed by atoms with Crippen LogP contribution in [0.2, 0.25) is 5.02 Å². The summed E-state index contributed by atoms with van der Waals surface area (Å²) in [5, 5.41) is 14.9. The highest BCUT2D eigenvalue weighted by Gasteiger charge is 2.15. The van der Waals surface area contributed by atoms with Crippen molar-refractivity contribution in [2.75, 3.05) is 0 Å². The Balaban J connectivity index is 1.80. The molecule has 24 heavy (non-hydrogen) atoms. The highest BCUT2D eigenvalue weighted by molar-refractivity contribution is 6.32. The Morgan fingerprint density at radius 1 is 1.29 bits per heavy atom. The van der Waals surface area contributed by atoms with E-state index in [9.17, 15) is 4.79 Å². The van der Waals surface area contributed by atoms with E-state index in [-0.39, 0.29) is 5.91 Å². The average Bonchev–Trinajstić information content (AvgIpc) is 3.09. The number of nitrogens with one attached hydrogen (secondary N) is 2. The molecule has 6 nitrogen and oxygen atoms in total. The summed E-state index contributed by atoms with van der Waals surface area (Å²) in [6, 6.07) is 9.14. The zero-order chi connectivity index (χ0) is 17.3. The van der Waals surface area contributed by atoms with Gasteiger partial charge in [-0.25, -0.2) is 4.68 Å². The molecule has 0 atom stereocenters. The zero-order valence-electron chi connectivity index (χ0n) is 13.7. The minimum atomic E-state index is -0.232. The van der Waals surface area contributed by atoms with E-state index >= 15 is 0 Å². The van der Waals surface area contributed by atoms with Crippen LogP contribution in [0.4, 0.5) is 0 Å². The Bertz CT molecular complexity index is 877. The van der Waals surface area contributed by atoms with E-state index in [1.807, 2.05) is 39.0 Å². The molecule has 0 aliphatic carbocycles. The van der Waals surface area contributed by atoms with Gasteiger partial charge < -0.3 is 5.32 Å². The van der Waals surface area contributed by atoms with Gasteiger partial charge in [-0.05, 0) is 39.0 Å². The fraction of sp³-hybridized carbons (Fsp3) is 0.235. The molecule has 3 aromatic rings. The Hall–Kier alpha value is -2.60. The molecule has 2 heterocycles. The molecule has 0 spiro atoms. The lowest BCUT2D eigenvalue weighted by molar-refractivity contribution is 0.0945. The largest absolute Gasteiger partial charge is 0.346 e. The molecule has 0 unspecified atom stereocenters. The standard InChI is InChI=1S/C17H18ClN5O/c1-10-8-15(22-23(10)16-7-5-4-6-14(16)18)17(24)19-9-13-11(2)20-21-12(13)3/h4-8H,9H2,1-3H3,(H,19,24)(H,20,21). The van der Waals surface area contributed by atoms with Gasteiger partial charge in [0, 0.05) is 23.5 Å². The maximum Gasteiger partial charge on any atom is 0.272 e. The van der Waals surface area contributed by atoms with Crippen molar-refractivity contribution in [3.05, 3.63) is 63.7 Å². The third-order valence-electron chi connectivity index (χ3n) is 3.91. The summed E-state index contributed by atoms with van der Waals surface area (Å²) >= 11 is 6.21. The van der Waals surface area contributed by atoms with Crippen LogP contribution in [0.5, 0.6) is 0 Å². The number of aryl methyl sites for hydroxylation is 3.